The van der Waals surface area contributed by atoms with Gasteiger partial charge in [-0.3, -0.25) is 0 Å². The molecule has 0 spiro atoms. The molecule has 1 aliphatic carbocycles. The number of nitrogens with zero attached hydrogens (tertiary/aromatic N) is 2. The van der Waals surface area contributed by atoms with E-state index in [9.17, 15) is 0 Å². The van der Waals surface area contributed by atoms with Crippen LogP contribution in [-0.4, -0.2) is 4.57 Å². The van der Waals surface area contributed by atoms with Crippen LogP contribution >= 0.6 is 0 Å². The van der Waals surface area contributed by atoms with Crippen LogP contribution in [0.25, 0.3) is 82.4 Å². The Morgan fingerprint density at radius 3 is 1.74 bits per heavy atom. The normalized spacial score (nSPS) is 12.9. The molecule has 0 radical (unpaired) electrons. The van der Waals surface area contributed by atoms with E-state index < -0.39 is 0 Å². The van der Waals surface area contributed by atoms with E-state index in [4.69, 9.17) is 0 Å². The van der Waals surface area contributed by atoms with Gasteiger partial charge < -0.3 is 9.47 Å². The minimum absolute atomic E-state index is 0.0926. The molecule has 12 rings (SSSR count). The molecule has 0 bridgehead atoms. The van der Waals surface area contributed by atoms with Crippen LogP contribution in [0.5, 0.6) is 0 Å². The van der Waals surface area contributed by atoms with E-state index in [0.29, 0.717) is 0 Å². The molecule has 11 aromatic rings. The molecule has 0 saturated carbocycles. The first-order valence-corrected chi connectivity index (χ1v) is 21.2. The molecule has 0 unspecified atom stereocenters. The first-order chi connectivity index (χ1) is 30.0. The van der Waals surface area contributed by atoms with Crippen molar-refractivity contribution in [3.8, 4) is 39.1 Å². The molecule has 0 amide bonds. The van der Waals surface area contributed by atoms with Crippen molar-refractivity contribution < 1.29 is 0 Å². The highest BCUT2D eigenvalue weighted by atomic mass is 15.1. The number of fused-ring (bicyclic) bond motifs is 8. The standard InChI is InChI=1S/C59H42N2/c1-59(2)55-20-9-7-18-51(55)52-32-31-50(38-56(52)59)60(48-29-24-39-12-3-5-14-44(39)35-48)47-27-22-41(23-28-47)42-16-11-17-43(34-42)46-26-33-58-54(37-46)53-19-8-10-21-57(53)61(58)49-30-25-40-13-4-6-15-45(40)36-49/h3-38H,1-2H3. The van der Waals surface area contributed by atoms with Crippen LogP contribution in [0.2, 0.25) is 0 Å². The van der Waals surface area contributed by atoms with Gasteiger partial charge in [-0.1, -0.05) is 159 Å². The van der Waals surface area contributed by atoms with Crippen LogP contribution in [0.4, 0.5) is 17.1 Å². The molecule has 1 aromatic heterocycles. The molecule has 10 aromatic carbocycles. The lowest BCUT2D eigenvalue weighted by atomic mass is 9.82. The summed E-state index contributed by atoms with van der Waals surface area (Å²) in [6, 6.07) is 80.5. The molecule has 288 valence electrons. The van der Waals surface area contributed by atoms with Crippen molar-refractivity contribution in [3.05, 3.63) is 230 Å². The molecule has 1 aliphatic rings. The second kappa shape index (κ2) is 13.7. The molecular formula is C59H42N2. The van der Waals surface area contributed by atoms with Crippen LogP contribution < -0.4 is 4.90 Å². The second-order valence-corrected chi connectivity index (χ2v) is 17.0. The van der Waals surface area contributed by atoms with E-state index in [-0.39, 0.29) is 5.41 Å². The first-order valence-electron chi connectivity index (χ1n) is 21.2. The monoisotopic (exact) mass is 778 g/mol. The van der Waals surface area contributed by atoms with Gasteiger partial charge in [-0.15, -0.1) is 0 Å². The minimum atomic E-state index is -0.0926. The quantitative estimate of drug-likeness (QED) is 0.163. The third-order valence-electron chi connectivity index (χ3n) is 13.1. The lowest BCUT2D eigenvalue weighted by Crippen LogP contribution is -2.16. The number of benzene rings is 10. The molecule has 0 fully saturated rings. The highest BCUT2D eigenvalue weighted by molar-refractivity contribution is 6.10. The smallest absolute Gasteiger partial charge is 0.0541 e. The molecular weight excluding hydrogens is 737 g/mol. The number of rotatable bonds is 6. The fraction of sp³-hybridized carbons (Fsp3) is 0.0508. The summed E-state index contributed by atoms with van der Waals surface area (Å²) in [5.74, 6) is 0. The first kappa shape index (κ1) is 35.3. The summed E-state index contributed by atoms with van der Waals surface area (Å²) in [6.07, 6.45) is 0. The lowest BCUT2D eigenvalue weighted by molar-refractivity contribution is 0.660. The topological polar surface area (TPSA) is 8.17 Å². The maximum absolute atomic E-state index is 2.41. The third kappa shape index (κ3) is 5.71. The Kier molecular flexibility index (Phi) is 7.92. The summed E-state index contributed by atoms with van der Waals surface area (Å²) < 4.78 is 2.41. The number of hydrogen-bond acceptors (Lipinski definition) is 1. The van der Waals surface area contributed by atoms with E-state index in [1.54, 1.807) is 0 Å². The summed E-state index contributed by atoms with van der Waals surface area (Å²) in [5, 5.41) is 7.47. The average Bonchev–Trinajstić information content (AvgIpc) is 3.77. The summed E-state index contributed by atoms with van der Waals surface area (Å²) in [4.78, 5) is 2.41. The Bertz CT molecular complexity index is 3510. The maximum Gasteiger partial charge on any atom is 0.0541 e. The average molecular weight is 779 g/mol. The van der Waals surface area contributed by atoms with Gasteiger partial charge in [0.15, 0.2) is 0 Å². The predicted octanol–water partition coefficient (Wildman–Crippen LogP) is 16.2. The highest BCUT2D eigenvalue weighted by Gasteiger charge is 2.35. The molecule has 0 N–H and O–H groups in total. The van der Waals surface area contributed by atoms with Gasteiger partial charge in [0.1, 0.15) is 0 Å². The van der Waals surface area contributed by atoms with Crippen molar-refractivity contribution in [2.75, 3.05) is 4.90 Å². The van der Waals surface area contributed by atoms with Crippen LogP contribution in [0.15, 0.2) is 218 Å². The van der Waals surface area contributed by atoms with Gasteiger partial charge in [-0.2, -0.15) is 0 Å². The number of aromatic nitrogens is 1. The zero-order chi connectivity index (χ0) is 40.7. The Hall–Kier alpha value is -7.68. The van der Waals surface area contributed by atoms with E-state index in [2.05, 4.69) is 242 Å². The number of hydrogen-bond donors (Lipinski definition) is 0. The lowest BCUT2D eigenvalue weighted by Gasteiger charge is -2.28. The van der Waals surface area contributed by atoms with Crippen molar-refractivity contribution in [2.24, 2.45) is 0 Å². The van der Waals surface area contributed by atoms with Gasteiger partial charge in [0.2, 0.25) is 0 Å². The molecule has 0 aliphatic heterocycles. The molecule has 0 saturated heterocycles. The van der Waals surface area contributed by atoms with Gasteiger partial charge in [-0.05, 0) is 139 Å². The van der Waals surface area contributed by atoms with E-state index in [0.717, 1.165) is 17.1 Å². The van der Waals surface area contributed by atoms with Gasteiger partial charge in [0.05, 0.1) is 11.0 Å². The summed E-state index contributed by atoms with van der Waals surface area (Å²) in [5.41, 5.74) is 17.1. The van der Waals surface area contributed by atoms with Crippen molar-refractivity contribution in [1.82, 2.24) is 4.57 Å². The minimum Gasteiger partial charge on any atom is -0.310 e. The molecule has 2 heteroatoms. The van der Waals surface area contributed by atoms with Crippen LogP contribution in [0, 0.1) is 0 Å². The Balaban J connectivity index is 0.920. The SMILES string of the molecule is CC1(C)c2ccccc2-c2ccc(N(c3ccc(-c4cccc(-c5ccc6c(c5)c5ccccc5n6-c5ccc6ccccc6c5)c4)cc3)c3ccc4ccccc4c3)cc21. The zero-order valence-corrected chi connectivity index (χ0v) is 34.2. The summed E-state index contributed by atoms with van der Waals surface area (Å²) >= 11 is 0. The van der Waals surface area contributed by atoms with Gasteiger partial charge in [0.25, 0.3) is 0 Å². The maximum atomic E-state index is 2.41. The van der Waals surface area contributed by atoms with Gasteiger partial charge in [0, 0.05) is 38.9 Å². The Morgan fingerprint density at radius 1 is 0.344 bits per heavy atom. The largest absolute Gasteiger partial charge is 0.310 e. The molecule has 61 heavy (non-hydrogen) atoms. The van der Waals surface area contributed by atoms with Crippen molar-refractivity contribution in [1.29, 1.82) is 0 Å². The second-order valence-electron chi connectivity index (χ2n) is 17.0. The summed E-state index contributed by atoms with van der Waals surface area (Å²) in [6.45, 7) is 4.71. The van der Waals surface area contributed by atoms with E-state index in [1.807, 2.05) is 0 Å². The Morgan fingerprint density at radius 2 is 0.918 bits per heavy atom. The van der Waals surface area contributed by atoms with Gasteiger partial charge in [-0.25, -0.2) is 0 Å². The van der Waals surface area contributed by atoms with E-state index in [1.165, 1.54) is 93.5 Å². The third-order valence-corrected chi connectivity index (χ3v) is 13.1. The van der Waals surface area contributed by atoms with Crippen LogP contribution in [0.1, 0.15) is 25.0 Å². The molecule has 1 heterocycles. The number of para-hydroxylation sites is 1. The fourth-order valence-corrected chi connectivity index (χ4v) is 10.0. The van der Waals surface area contributed by atoms with Crippen LogP contribution in [-0.2, 0) is 5.41 Å². The number of anilines is 3. The molecule has 0 atom stereocenters. The highest BCUT2D eigenvalue weighted by Crippen LogP contribution is 2.51. The van der Waals surface area contributed by atoms with Crippen molar-refractivity contribution in [2.45, 2.75) is 19.3 Å². The molecule has 2 nitrogen and oxygen atoms in total. The fourth-order valence-electron chi connectivity index (χ4n) is 10.0. The van der Waals surface area contributed by atoms with Crippen LogP contribution in [0.3, 0.4) is 0 Å². The van der Waals surface area contributed by atoms with Crippen molar-refractivity contribution in [3.63, 3.8) is 0 Å². The summed E-state index contributed by atoms with van der Waals surface area (Å²) in [7, 11) is 0. The predicted molar refractivity (Wildman–Crippen MR) is 259 cm³/mol. The Labute approximate surface area is 356 Å². The van der Waals surface area contributed by atoms with Gasteiger partial charge >= 0.3 is 0 Å². The van der Waals surface area contributed by atoms with Crippen molar-refractivity contribution >= 4 is 60.4 Å². The van der Waals surface area contributed by atoms with E-state index >= 15 is 0 Å². The zero-order valence-electron chi connectivity index (χ0n) is 34.2.